The first kappa shape index (κ1) is 11.0. The molecule has 1 N–H and O–H groups in total. The summed E-state index contributed by atoms with van der Waals surface area (Å²) in [5.41, 5.74) is 0. The maximum atomic E-state index is 5.37. The summed E-state index contributed by atoms with van der Waals surface area (Å²) >= 11 is 0. The van der Waals surface area contributed by atoms with Crippen LogP contribution in [0.1, 0.15) is 33.6 Å². The van der Waals surface area contributed by atoms with Gasteiger partial charge in [-0.05, 0) is 38.1 Å². The van der Waals surface area contributed by atoms with E-state index in [0.29, 0.717) is 6.04 Å². The standard InChI is InChI=1S/C11H23NO/c1-4-12-10(3)9(2)11-5-7-13-8-6-11/h9-12H,4-8H2,1-3H3. The molecule has 1 heterocycles. The van der Waals surface area contributed by atoms with Gasteiger partial charge in [-0.1, -0.05) is 13.8 Å². The maximum absolute atomic E-state index is 5.37. The quantitative estimate of drug-likeness (QED) is 0.723. The van der Waals surface area contributed by atoms with Gasteiger partial charge in [-0.25, -0.2) is 0 Å². The van der Waals surface area contributed by atoms with E-state index in [1.165, 1.54) is 12.8 Å². The first-order valence-corrected chi connectivity index (χ1v) is 5.56. The molecule has 1 aliphatic heterocycles. The fourth-order valence-electron chi connectivity index (χ4n) is 2.16. The highest BCUT2D eigenvalue weighted by Crippen LogP contribution is 2.25. The highest BCUT2D eigenvalue weighted by molar-refractivity contribution is 4.77. The van der Waals surface area contributed by atoms with Gasteiger partial charge in [0, 0.05) is 19.3 Å². The summed E-state index contributed by atoms with van der Waals surface area (Å²) in [5.74, 6) is 1.65. The van der Waals surface area contributed by atoms with Crippen LogP contribution in [0, 0.1) is 11.8 Å². The molecule has 0 amide bonds. The minimum absolute atomic E-state index is 0.646. The summed E-state index contributed by atoms with van der Waals surface area (Å²) < 4.78 is 5.37. The third-order valence-corrected chi connectivity index (χ3v) is 3.32. The Morgan fingerprint density at radius 2 is 1.92 bits per heavy atom. The average molecular weight is 185 g/mol. The predicted molar refractivity (Wildman–Crippen MR) is 55.8 cm³/mol. The van der Waals surface area contributed by atoms with Crippen LogP contribution in [0.5, 0.6) is 0 Å². The lowest BCUT2D eigenvalue weighted by Gasteiger charge is -2.32. The minimum Gasteiger partial charge on any atom is -0.381 e. The average Bonchev–Trinajstić information content (AvgIpc) is 2.18. The minimum atomic E-state index is 0.646. The molecule has 0 bridgehead atoms. The van der Waals surface area contributed by atoms with Gasteiger partial charge in [-0.15, -0.1) is 0 Å². The molecule has 1 aliphatic rings. The smallest absolute Gasteiger partial charge is 0.0468 e. The Morgan fingerprint density at radius 3 is 2.46 bits per heavy atom. The molecule has 2 heteroatoms. The Bertz CT molecular complexity index is 132. The zero-order valence-corrected chi connectivity index (χ0v) is 9.18. The highest BCUT2D eigenvalue weighted by Gasteiger charge is 2.23. The van der Waals surface area contributed by atoms with E-state index in [4.69, 9.17) is 4.74 Å². The zero-order valence-electron chi connectivity index (χ0n) is 9.18. The molecule has 13 heavy (non-hydrogen) atoms. The normalized spacial score (nSPS) is 24.2. The van der Waals surface area contributed by atoms with Crippen molar-refractivity contribution < 1.29 is 4.74 Å². The molecule has 1 fully saturated rings. The van der Waals surface area contributed by atoms with E-state index in [2.05, 4.69) is 26.1 Å². The number of hydrogen-bond donors (Lipinski definition) is 1. The third-order valence-electron chi connectivity index (χ3n) is 3.32. The van der Waals surface area contributed by atoms with Gasteiger partial charge in [0.15, 0.2) is 0 Å². The molecule has 78 valence electrons. The van der Waals surface area contributed by atoms with Crippen molar-refractivity contribution in [2.75, 3.05) is 19.8 Å². The largest absolute Gasteiger partial charge is 0.381 e. The Hall–Kier alpha value is -0.0800. The molecular weight excluding hydrogens is 162 g/mol. The van der Waals surface area contributed by atoms with Crippen molar-refractivity contribution in [3.63, 3.8) is 0 Å². The second-order valence-corrected chi connectivity index (χ2v) is 4.16. The summed E-state index contributed by atoms with van der Waals surface area (Å²) in [6.45, 7) is 9.84. The van der Waals surface area contributed by atoms with Crippen LogP contribution >= 0.6 is 0 Å². The summed E-state index contributed by atoms with van der Waals surface area (Å²) in [6.07, 6.45) is 2.49. The second-order valence-electron chi connectivity index (χ2n) is 4.16. The fourth-order valence-corrected chi connectivity index (χ4v) is 2.16. The Kier molecular flexibility index (Phi) is 4.74. The van der Waals surface area contributed by atoms with Gasteiger partial charge in [-0.2, -0.15) is 0 Å². The van der Waals surface area contributed by atoms with E-state index in [1.54, 1.807) is 0 Å². The molecule has 0 radical (unpaired) electrons. The van der Waals surface area contributed by atoms with Crippen LogP contribution in [0.25, 0.3) is 0 Å². The fraction of sp³-hybridized carbons (Fsp3) is 1.00. The zero-order chi connectivity index (χ0) is 9.68. The molecule has 2 unspecified atom stereocenters. The van der Waals surface area contributed by atoms with E-state index in [-0.39, 0.29) is 0 Å². The van der Waals surface area contributed by atoms with E-state index < -0.39 is 0 Å². The SMILES string of the molecule is CCNC(C)C(C)C1CCOCC1. The Labute approximate surface area is 82.0 Å². The van der Waals surface area contributed by atoms with E-state index in [0.717, 1.165) is 31.6 Å². The second kappa shape index (κ2) is 5.61. The lowest BCUT2D eigenvalue weighted by atomic mass is 9.83. The van der Waals surface area contributed by atoms with Crippen molar-refractivity contribution >= 4 is 0 Å². The van der Waals surface area contributed by atoms with Crippen molar-refractivity contribution in [2.24, 2.45) is 11.8 Å². The number of ether oxygens (including phenoxy) is 1. The molecular formula is C11H23NO. The summed E-state index contributed by atoms with van der Waals surface area (Å²) in [4.78, 5) is 0. The number of hydrogen-bond acceptors (Lipinski definition) is 2. The molecule has 0 saturated carbocycles. The van der Waals surface area contributed by atoms with Crippen molar-refractivity contribution in [2.45, 2.75) is 39.7 Å². The Morgan fingerprint density at radius 1 is 1.31 bits per heavy atom. The van der Waals surface area contributed by atoms with Crippen LogP contribution in [0.4, 0.5) is 0 Å². The lowest BCUT2D eigenvalue weighted by Crippen LogP contribution is -2.37. The third kappa shape index (κ3) is 3.28. The molecule has 0 aliphatic carbocycles. The monoisotopic (exact) mass is 185 g/mol. The molecule has 0 aromatic rings. The Balaban J connectivity index is 2.31. The van der Waals surface area contributed by atoms with Gasteiger partial charge in [0.1, 0.15) is 0 Å². The van der Waals surface area contributed by atoms with Gasteiger partial charge >= 0.3 is 0 Å². The molecule has 0 aromatic carbocycles. The van der Waals surface area contributed by atoms with Crippen molar-refractivity contribution in [3.05, 3.63) is 0 Å². The van der Waals surface area contributed by atoms with Crippen molar-refractivity contribution in [1.29, 1.82) is 0 Å². The first-order valence-electron chi connectivity index (χ1n) is 5.56. The van der Waals surface area contributed by atoms with Gasteiger partial charge in [0.05, 0.1) is 0 Å². The van der Waals surface area contributed by atoms with Gasteiger partial charge in [0.25, 0.3) is 0 Å². The molecule has 1 saturated heterocycles. The van der Waals surface area contributed by atoms with E-state index >= 15 is 0 Å². The van der Waals surface area contributed by atoms with Gasteiger partial charge < -0.3 is 10.1 Å². The lowest BCUT2D eigenvalue weighted by molar-refractivity contribution is 0.0438. The van der Waals surface area contributed by atoms with Crippen LogP contribution in [-0.4, -0.2) is 25.8 Å². The number of nitrogens with one attached hydrogen (secondary N) is 1. The molecule has 0 aromatic heterocycles. The molecule has 2 nitrogen and oxygen atoms in total. The van der Waals surface area contributed by atoms with Crippen molar-refractivity contribution in [3.8, 4) is 0 Å². The molecule has 0 spiro atoms. The summed E-state index contributed by atoms with van der Waals surface area (Å²) in [5, 5.41) is 3.50. The van der Waals surface area contributed by atoms with Crippen molar-refractivity contribution in [1.82, 2.24) is 5.32 Å². The molecule has 1 rings (SSSR count). The van der Waals surface area contributed by atoms with Crippen LogP contribution in [0.2, 0.25) is 0 Å². The first-order chi connectivity index (χ1) is 6.25. The predicted octanol–water partition coefficient (Wildman–Crippen LogP) is 2.05. The topological polar surface area (TPSA) is 21.3 Å². The highest BCUT2D eigenvalue weighted by atomic mass is 16.5. The van der Waals surface area contributed by atoms with Crippen LogP contribution in [0.3, 0.4) is 0 Å². The maximum Gasteiger partial charge on any atom is 0.0468 e. The van der Waals surface area contributed by atoms with Crippen LogP contribution in [0.15, 0.2) is 0 Å². The van der Waals surface area contributed by atoms with Crippen LogP contribution < -0.4 is 5.32 Å². The van der Waals surface area contributed by atoms with Crippen LogP contribution in [-0.2, 0) is 4.74 Å². The van der Waals surface area contributed by atoms with E-state index in [9.17, 15) is 0 Å². The molecule has 2 atom stereocenters. The van der Waals surface area contributed by atoms with Gasteiger partial charge in [0.2, 0.25) is 0 Å². The summed E-state index contributed by atoms with van der Waals surface area (Å²) in [7, 11) is 0. The van der Waals surface area contributed by atoms with E-state index in [1.807, 2.05) is 0 Å². The van der Waals surface area contributed by atoms with Gasteiger partial charge in [-0.3, -0.25) is 0 Å². The number of rotatable bonds is 4. The summed E-state index contributed by atoms with van der Waals surface area (Å²) in [6, 6.07) is 0.646.